The van der Waals surface area contributed by atoms with Crippen LogP contribution in [-0.2, 0) is 0 Å². The van der Waals surface area contributed by atoms with Crippen LogP contribution in [0, 0.1) is 6.92 Å². The highest BCUT2D eigenvalue weighted by Crippen LogP contribution is 2.36. The Hall–Kier alpha value is -1.98. The quantitative estimate of drug-likeness (QED) is 0.772. The molecule has 3 rings (SSSR count). The van der Waals surface area contributed by atoms with Crippen LogP contribution in [0.25, 0.3) is 21.1 Å². The van der Waals surface area contributed by atoms with Gasteiger partial charge in [-0.05, 0) is 19.1 Å². The molecule has 0 fully saturated rings. The molecule has 20 heavy (non-hydrogen) atoms. The van der Waals surface area contributed by atoms with Crippen LogP contribution in [0.2, 0.25) is 0 Å². The Morgan fingerprint density at radius 1 is 1.10 bits per heavy atom. The lowest BCUT2D eigenvalue weighted by atomic mass is 10.1. The Labute approximate surface area is 124 Å². The summed E-state index contributed by atoms with van der Waals surface area (Å²) in [5.74, 6) is -0.930. The van der Waals surface area contributed by atoms with Crippen LogP contribution in [0.3, 0.4) is 0 Å². The van der Waals surface area contributed by atoms with E-state index in [4.69, 9.17) is 0 Å². The lowest BCUT2D eigenvalue weighted by Gasteiger charge is -1.97. The molecule has 3 aromatic rings. The summed E-state index contributed by atoms with van der Waals surface area (Å²) in [6.07, 6.45) is 0. The number of aryl methyl sites for hydroxylation is 1. The van der Waals surface area contributed by atoms with Crippen molar-refractivity contribution in [2.45, 2.75) is 6.92 Å². The summed E-state index contributed by atoms with van der Waals surface area (Å²) >= 11 is 2.85. The molecule has 1 N–H and O–H groups in total. The fourth-order valence-electron chi connectivity index (χ4n) is 1.91. The van der Waals surface area contributed by atoms with E-state index < -0.39 is 5.97 Å². The van der Waals surface area contributed by atoms with Gasteiger partial charge in [-0.1, -0.05) is 30.3 Å². The molecule has 1 aromatic carbocycles. The number of carbonyl (C=O) groups is 1. The largest absolute Gasteiger partial charge is 0.477 e. The molecule has 100 valence electrons. The van der Waals surface area contributed by atoms with Crippen LogP contribution in [0.5, 0.6) is 0 Å². The summed E-state index contributed by atoms with van der Waals surface area (Å²) in [5, 5.41) is 10.1. The zero-order valence-electron chi connectivity index (χ0n) is 10.7. The number of hydrogen-bond acceptors (Lipinski definition) is 4. The normalized spacial score (nSPS) is 10.7. The third-order valence-corrected chi connectivity index (χ3v) is 5.03. The highest BCUT2D eigenvalue weighted by Gasteiger charge is 2.19. The molecule has 3 nitrogen and oxygen atoms in total. The van der Waals surface area contributed by atoms with Crippen LogP contribution in [0.15, 0.2) is 42.5 Å². The highest BCUT2D eigenvalue weighted by atomic mass is 32.1. The molecule has 0 aliphatic heterocycles. The van der Waals surface area contributed by atoms with Gasteiger partial charge in [-0.25, -0.2) is 9.78 Å². The van der Waals surface area contributed by atoms with Crippen molar-refractivity contribution in [3.05, 3.63) is 52.2 Å². The lowest BCUT2D eigenvalue weighted by Crippen LogP contribution is -1.95. The zero-order chi connectivity index (χ0) is 14.1. The molecule has 0 saturated carbocycles. The van der Waals surface area contributed by atoms with Crippen molar-refractivity contribution in [1.29, 1.82) is 0 Å². The second kappa shape index (κ2) is 5.19. The third-order valence-electron chi connectivity index (χ3n) is 2.82. The van der Waals surface area contributed by atoms with E-state index in [2.05, 4.69) is 4.98 Å². The summed E-state index contributed by atoms with van der Waals surface area (Å²) in [6, 6.07) is 13.4. The molecule has 0 spiro atoms. The summed E-state index contributed by atoms with van der Waals surface area (Å²) < 4.78 is 0. The number of hydrogen-bond donors (Lipinski definition) is 1. The van der Waals surface area contributed by atoms with Crippen molar-refractivity contribution in [2.24, 2.45) is 0 Å². The summed E-state index contributed by atoms with van der Waals surface area (Å²) in [6.45, 7) is 2.03. The molecule has 0 unspecified atom stereocenters. The molecule has 5 heteroatoms. The molecule has 0 aliphatic rings. The molecule has 0 saturated heterocycles. The van der Waals surface area contributed by atoms with Gasteiger partial charge < -0.3 is 5.11 Å². The molecule has 0 aliphatic carbocycles. The second-order valence-corrected chi connectivity index (χ2v) is 6.57. The molecule has 0 amide bonds. The number of aromatic nitrogens is 1. The average Bonchev–Trinajstić information content (AvgIpc) is 3.05. The molecular formula is C15H11NO2S2. The van der Waals surface area contributed by atoms with Crippen molar-refractivity contribution in [3.63, 3.8) is 0 Å². The molecule has 0 bridgehead atoms. The van der Waals surface area contributed by atoms with E-state index in [-0.39, 0.29) is 4.88 Å². The SMILES string of the molecule is Cc1ccc(-c2nc(-c3ccccc3)c(C(=O)O)s2)s1. The molecule has 2 heterocycles. The van der Waals surface area contributed by atoms with Gasteiger partial charge in [0.2, 0.25) is 0 Å². The maximum atomic E-state index is 11.4. The smallest absolute Gasteiger partial charge is 0.348 e. The number of thiophene rings is 1. The highest BCUT2D eigenvalue weighted by molar-refractivity contribution is 7.22. The van der Waals surface area contributed by atoms with Gasteiger partial charge in [0.15, 0.2) is 0 Å². The Morgan fingerprint density at radius 2 is 1.85 bits per heavy atom. The van der Waals surface area contributed by atoms with Crippen molar-refractivity contribution < 1.29 is 9.90 Å². The number of benzene rings is 1. The van der Waals surface area contributed by atoms with Crippen molar-refractivity contribution in [3.8, 4) is 21.1 Å². The topological polar surface area (TPSA) is 50.2 Å². The minimum absolute atomic E-state index is 0.289. The summed E-state index contributed by atoms with van der Waals surface area (Å²) in [5.41, 5.74) is 1.38. The maximum Gasteiger partial charge on any atom is 0.348 e. The van der Waals surface area contributed by atoms with Gasteiger partial charge in [0.25, 0.3) is 0 Å². The predicted octanol–water partition coefficient (Wildman–Crippen LogP) is 4.55. The molecule has 0 atom stereocenters. The van der Waals surface area contributed by atoms with E-state index in [9.17, 15) is 9.90 Å². The first-order valence-electron chi connectivity index (χ1n) is 6.01. The van der Waals surface area contributed by atoms with Crippen molar-refractivity contribution in [1.82, 2.24) is 4.98 Å². The fraction of sp³-hybridized carbons (Fsp3) is 0.0667. The van der Waals surface area contributed by atoms with Crippen LogP contribution >= 0.6 is 22.7 Å². The van der Waals surface area contributed by atoms with Gasteiger partial charge >= 0.3 is 5.97 Å². The summed E-state index contributed by atoms with van der Waals surface area (Å²) in [4.78, 5) is 18.4. The Kier molecular flexibility index (Phi) is 3.38. The van der Waals surface area contributed by atoms with Crippen molar-refractivity contribution in [2.75, 3.05) is 0 Å². The van der Waals surface area contributed by atoms with Crippen LogP contribution in [-0.4, -0.2) is 16.1 Å². The van der Waals surface area contributed by atoms with E-state index in [0.29, 0.717) is 5.69 Å². The van der Waals surface area contributed by atoms with E-state index in [1.54, 1.807) is 11.3 Å². The van der Waals surface area contributed by atoms with E-state index in [1.807, 2.05) is 49.4 Å². The number of carboxylic acid groups (broad SMARTS) is 1. The first-order chi connectivity index (χ1) is 9.65. The van der Waals surface area contributed by atoms with Gasteiger partial charge in [0.1, 0.15) is 9.88 Å². The maximum absolute atomic E-state index is 11.4. The Morgan fingerprint density at radius 3 is 2.45 bits per heavy atom. The monoisotopic (exact) mass is 301 g/mol. The van der Waals surface area contributed by atoms with Crippen LogP contribution < -0.4 is 0 Å². The first kappa shape index (κ1) is 13.0. The van der Waals surface area contributed by atoms with Gasteiger partial charge in [0, 0.05) is 10.4 Å². The number of aromatic carboxylic acids is 1. The van der Waals surface area contributed by atoms with E-state index in [0.717, 1.165) is 15.4 Å². The number of rotatable bonds is 3. The van der Waals surface area contributed by atoms with E-state index >= 15 is 0 Å². The van der Waals surface area contributed by atoms with Gasteiger partial charge in [-0.15, -0.1) is 22.7 Å². The minimum Gasteiger partial charge on any atom is -0.477 e. The number of carboxylic acids is 1. The zero-order valence-corrected chi connectivity index (χ0v) is 12.3. The molecule has 0 radical (unpaired) electrons. The van der Waals surface area contributed by atoms with Gasteiger partial charge in [0.05, 0.1) is 10.6 Å². The standard InChI is InChI=1S/C15H11NO2S2/c1-9-7-8-11(19-9)14-16-12(13(20-14)15(17)18)10-5-3-2-4-6-10/h2-8H,1H3,(H,17,18). The average molecular weight is 301 g/mol. The van der Waals surface area contributed by atoms with Crippen LogP contribution in [0.1, 0.15) is 14.5 Å². The van der Waals surface area contributed by atoms with Gasteiger partial charge in [-0.2, -0.15) is 0 Å². The minimum atomic E-state index is -0.930. The second-order valence-electron chi connectivity index (χ2n) is 4.28. The molecular weight excluding hydrogens is 290 g/mol. The Balaban J connectivity index is 2.15. The lowest BCUT2D eigenvalue weighted by molar-refractivity contribution is 0.0702. The fourth-order valence-corrected chi connectivity index (χ4v) is 3.76. The summed E-state index contributed by atoms with van der Waals surface area (Å²) in [7, 11) is 0. The predicted molar refractivity (Wildman–Crippen MR) is 82.6 cm³/mol. The number of nitrogens with zero attached hydrogens (tertiary/aromatic N) is 1. The van der Waals surface area contributed by atoms with Gasteiger partial charge in [-0.3, -0.25) is 0 Å². The van der Waals surface area contributed by atoms with Crippen molar-refractivity contribution >= 4 is 28.6 Å². The van der Waals surface area contributed by atoms with Crippen LogP contribution in [0.4, 0.5) is 0 Å². The first-order valence-corrected chi connectivity index (χ1v) is 7.65. The molecule has 2 aromatic heterocycles. The number of thiazole rings is 1. The Bertz CT molecular complexity index is 759. The van der Waals surface area contributed by atoms with E-state index in [1.165, 1.54) is 16.2 Å². The third kappa shape index (κ3) is 2.37.